The molecule has 2 N–H and O–H groups in total. The molecule has 3 rings (SSSR count). The first-order valence-corrected chi connectivity index (χ1v) is 8.70. The van der Waals surface area contributed by atoms with E-state index in [0.717, 1.165) is 50.1 Å². The Hall–Kier alpha value is -2.70. The molecule has 25 heavy (non-hydrogen) atoms. The van der Waals surface area contributed by atoms with Crippen LogP contribution in [0.25, 0.3) is 0 Å². The van der Waals surface area contributed by atoms with Crippen molar-refractivity contribution >= 4 is 11.6 Å². The Morgan fingerprint density at radius 1 is 1.20 bits per heavy atom. The predicted octanol–water partition coefficient (Wildman–Crippen LogP) is 1.71. The van der Waals surface area contributed by atoms with Gasteiger partial charge in [-0.15, -0.1) is 0 Å². The van der Waals surface area contributed by atoms with Crippen molar-refractivity contribution in [2.75, 3.05) is 44.7 Å². The lowest BCUT2D eigenvalue weighted by Crippen LogP contribution is -2.52. The Kier molecular flexibility index (Phi) is 5.77. The van der Waals surface area contributed by atoms with Crippen molar-refractivity contribution < 1.29 is 4.74 Å². The van der Waals surface area contributed by atoms with E-state index in [0.29, 0.717) is 6.54 Å². The second-order valence-electron chi connectivity index (χ2n) is 5.92. The van der Waals surface area contributed by atoms with Crippen LogP contribution in [-0.4, -0.2) is 60.9 Å². The minimum Gasteiger partial charge on any atom is -0.497 e. The van der Waals surface area contributed by atoms with Gasteiger partial charge in [-0.05, 0) is 37.3 Å². The number of nitrogens with one attached hydrogen (secondary N) is 2. The van der Waals surface area contributed by atoms with Crippen LogP contribution in [0.1, 0.15) is 12.6 Å². The highest BCUT2D eigenvalue weighted by atomic mass is 16.5. The summed E-state index contributed by atoms with van der Waals surface area (Å²) in [5, 5.41) is 10.3. The number of benzene rings is 1. The van der Waals surface area contributed by atoms with E-state index >= 15 is 0 Å². The second kappa shape index (κ2) is 8.41. The van der Waals surface area contributed by atoms with E-state index < -0.39 is 0 Å². The predicted molar refractivity (Wildman–Crippen MR) is 100 cm³/mol. The van der Waals surface area contributed by atoms with Crippen LogP contribution in [0.5, 0.6) is 5.75 Å². The van der Waals surface area contributed by atoms with Crippen LogP contribution in [0, 0.1) is 0 Å². The monoisotopic (exact) mass is 342 g/mol. The zero-order valence-electron chi connectivity index (χ0n) is 14.9. The number of aromatic nitrogens is 2. The number of hydrogen-bond donors (Lipinski definition) is 2. The maximum absolute atomic E-state index is 5.23. The Balaban J connectivity index is 1.59. The Bertz CT molecular complexity index is 659. The fraction of sp³-hybridized carbons (Fsp3) is 0.444. The molecule has 0 saturated carbocycles. The van der Waals surface area contributed by atoms with Gasteiger partial charge in [0, 0.05) is 44.6 Å². The molecule has 1 saturated heterocycles. The molecule has 2 heterocycles. The maximum Gasteiger partial charge on any atom is 0.194 e. The largest absolute Gasteiger partial charge is 0.497 e. The summed E-state index contributed by atoms with van der Waals surface area (Å²) in [5.74, 6) is 1.86. The van der Waals surface area contributed by atoms with E-state index in [1.807, 2.05) is 18.2 Å². The molecular formula is C18H26N6O. The fourth-order valence-corrected chi connectivity index (χ4v) is 2.93. The molecule has 1 aromatic heterocycles. The highest BCUT2D eigenvalue weighted by Gasteiger charge is 2.19. The van der Waals surface area contributed by atoms with Crippen molar-refractivity contribution in [2.45, 2.75) is 13.5 Å². The van der Waals surface area contributed by atoms with Crippen molar-refractivity contribution in [2.24, 2.45) is 4.99 Å². The quantitative estimate of drug-likeness (QED) is 0.639. The van der Waals surface area contributed by atoms with Gasteiger partial charge in [-0.25, -0.2) is 4.99 Å². The Morgan fingerprint density at radius 2 is 1.96 bits per heavy atom. The average Bonchev–Trinajstić information content (AvgIpc) is 3.19. The van der Waals surface area contributed by atoms with Crippen molar-refractivity contribution in [1.29, 1.82) is 0 Å². The summed E-state index contributed by atoms with van der Waals surface area (Å²) < 4.78 is 5.23. The molecule has 0 radical (unpaired) electrons. The summed E-state index contributed by atoms with van der Waals surface area (Å²) >= 11 is 0. The molecule has 1 aromatic carbocycles. The van der Waals surface area contributed by atoms with Crippen LogP contribution in [-0.2, 0) is 6.54 Å². The van der Waals surface area contributed by atoms with Crippen LogP contribution >= 0.6 is 0 Å². The summed E-state index contributed by atoms with van der Waals surface area (Å²) in [7, 11) is 1.69. The van der Waals surface area contributed by atoms with Crippen LogP contribution < -0.4 is 15.0 Å². The van der Waals surface area contributed by atoms with E-state index in [1.54, 1.807) is 13.3 Å². The second-order valence-corrected chi connectivity index (χ2v) is 5.92. The van der Waals surface area contributed by atoms with Crippen LogP contribution in [0.2, 0.25) is 0 Å². The van der Waals surface area contributed by atoms with Crippen LogP contribution in [0.3, 0.4) is 0 Å². The molecule has 1 aliphatic rings. The molecular weight excluding hydrogens is 316 g/mol. The van der Waals surface area contributed by atoms with Gasteiger partial charge in [-0.2, -0.15) is 5.10 Å². The minimum absolute atomic E-state index is 0.612. The van der Waals surface area contributed by atoms with Gasteiger partial charge in [0.25, 0.3) is 0 Å². The van der Waals surface area contributed by atoms with E-state index in [1.165, 1.54) is 5.69 Å². The topological polar surface area (TPSA) is 68.8 Å². The van der Waals surface area contributed by atoms with Gasteiger partial charge in [0.2, 0.25) is 0 Å². The lowest BCUT2D eigenvalue weighted by molar-refractivity contribution is 0.372. The number of rotatable bonds is 5. The molecule has 0 spiro atoms. The summed E-state index contributed by atoms with van der Waals surface area (Å²) in [5.41, 5.74) is 2.26. The molecule has 2 aromatic rings. The normalized spacial score (nSPS) is 15.4. The van der Waals surface area contributed by atoms with Crippen LogP contribution in [0.4, 0.5) is 5.69 Å². The van der Waals surface area contributed by atoms with Gasteiger partial charge < -0.3 is 19.9 Å². The first-order valence-electron chi connectivity index (χ1n) is 8.70. The number of guanidine groups is 1. The van der Waals surface area contributed by atoms with Crippen LogP contribution in [0.15, 0.2) is 41.5 Å². The van der Waals surface area contributed by atoms with Gasteiger partial charge >= 0.3 is 0 Å². The number of aromatic amines is 1. The third-order valence-corrected chi connectivity index (χ3v) is 4.31. The fourth-order valence-electron chi connectivity index (χ4n) is 2.93. The number of nitrogens with zero attached hydrogens (tertiary/aromatic N) is 4. The Morgan fingerprint density at radius 3 is 2.56 bits per heavy atom. The summed E-state index contributed by atoms with van der Waals surface area (Å²) in [6.07, 6.45) is 1.76. The van der Waals surface area contributed by atoms with Gasteiger partial charge in [0.15, 0.2) is 5.96 Å². The smallest absolute Gasteiger partial charge is 0.194 e. The molecule has 1 fully saturated rings. The first kappa shape index (κ1) is 17.1. The highest BCUT2D eigenvalue weighted by molar-refractivity contribution is 5.80. The highest BCUT2D eigenvalue weighted by Crippen LogP contribution is 2.20. The van der Waals surface area contributed by atoms with E-state index in [4.69, 9.17) is 9.73 Å². The van der Waals surface area contributed by atoms with Gasteiger partial charge in [0.05, 0.1) is 19.3 Å². The van der Waals surface area contributed by atoms with Gasteiger partial charge in [-0.3, -0.25) is 5.10 Å². The van der Waals surface area contributed by atoms with Crippen molar-refractivity contribution in [1.82, 2.24) is 20.4 Å². The number of methoxy groups -OCH3 is 1. The summed E-state index contributed by atoms with van der Waals surface area (Å²) in [6, 6.07) is 10.2. The standard InChI is InChI=1S/C18H26N6O/c1-3-19-18(20-14-15-8-9-21-22-15)24-12-10-23(11-13-24)16-4-6-17(25-2)7-5-16/h4-9H,3,10-14H2,1-2H3,(H,19,20)(H,21,22). The van der Waals surface area contributed by atoms with E-state index in [-0.39, 0.29) is 0 Å². The molecule has 7 heteroatoms. The number of piperazine rings is 1. The van der Waals surface area contributed by atoms with E-state index in [2.05, 4.69) is 44.4 Å². The molecule has 0 aliphatic carbocycles. The zero-order valence-corrected chi connectivity index (χ0v) is 14.9. The van der Waals surface area contributed by atoms with Crippen molar-refractivity contribution in [3.8, 4) is 5.75 Å². The van der Waals surface area contributed by atoms with Crippen molar-refractivity contribution in [3.05, 3.63) is 42.2 Å². The first-order chi connectivity index (χ1) is 12.3. The lowest BCUT2D eigenvalue weighted by atomic mass is 10.2. The number of ether oxygens (including phenoxy) is 1. The third kappa shape index (κ3) is 4.43. The van der Waals surface area contributed by atoms with Gasteiger partial charge in [0.1, 0.15) is 5.75 Å². The molecule has 0 amide bonds. The lowest BCUT2D eigenvalue weighted by Gasteiger charge is -2.37. The summed E-state index contributed by atoms with van der Waals surface area (Å²) in [6.45, 7) is 7.41. The Labute approximate surface area is 148 Å². The minimum atomic E-state index is 0.612. The molecule has 0 atom stereocenters. The number of H-pyrrole nitrogens is 1. The number of aliphatic imine (C=N–C) groups is 1. The molecule has 7 nitrogen and oxygen atoms in total. The molecule has 0 unspecified atom stereocenters. The SMILES string of the molecule is CCNC(=NCc1ccn[nH]1)N1CCN(c2ccc(OC)cc2)CC1. The maximum atomic E-state index is 5.23. The number of hydrogen-bond acceptors (Lipinski definition) is 4. The zero-order chi connectivity index (χ0) is 17.5. The van der Waals surface area contributed by atoms with Crippen molar-refractivity contribution in [3.63, 3.8) is 0 Å². The third-order valence-electron chi connectivity index (χ3n) is 4.31. The number of anilines is 1. The average molecular weight is 342 g/mol. The van der Waals surface area contributed by atoms with Gasteiger partial charge in [-0.1, -0.05) is 0 Å². The molecule has 134 valence electrons. The summed E-state index contributed by atoms with van der Waals surface area (Å²) in [4.78, 5) is 9.44. The van der Waals surface area contributed by atoms with E-state index in [9.17, 15) is 0 Å². The molecule has 0 bridgehead atoms. The molecule has 1 aliphatic heterocycles.